The van der Waals surface area contributed by atoms with E-state index >= 15 is 0 Å². The molecule has 7 heteroatoms. The van der Waals surface area contributed by atoms with Crippen molar-refractivity contribution in [3.05, 3.63) is 29.8 Å². The van der Waals surface area contributed by atoms with Gasteiger partial charge in [0.2, 0.25) is 11.9 Å². The van der Waals surface area contributed by atoms with Gasteiger partial charge in [-0.15, -0.1) is 0 Å². The summed E-state index contributed by atoms with van der Waals surface area (Å²) in [4.78, 5) is 28.5. The largest absolute Gasteiger partial charge is 0.310 e. The maximum Gasteiger partial charge on any atom is 0.231 e. The van der Waals surface area contributed by atoms with Crippen molar-refractivity contribution in [3.63, 3.8) is 0 Å². The first-order chi connectivity index (χ1) is 9.94. The van der Waals surface area contributed by atoms with Gasteiger partial charge in [0.15, 0.2) is 0 Å². The third-order valence-corrected chi connectivity index (χ3v) is 3.39. The van der Waals surface area contributed by atoms with Crippen LogP contribution in [-0.2, 0) is 11.2 Å². The fourth-order valence-corrected chi connectivity index (χ4v) is 2.19. The molecule has 1 amide bonds. The quantitative estimate of drug-likeness (QED) is 0.874. The van der Waals surface area contributed by atoms with Crippen molar-refractivity contribution in [1.29, 1.82) is 0 Å². The van der Waals surface area contributed by atoms with Crippen molar-refractivity contribution in [3.8, 4) is 0 Å². The second-order valence-electron chi connectivity index (χ2n) is 5.70. The maximum atomic E-state index is 12.0. The molecule has 108 valence electrons. The van der Waals surface area contributed by atoms with E-state index in [0.717, 1.165) is 5.56 Å². The van der Waals surface area contributed by atoms with E-state index in [-0.39, 0.29) is 5.91 Å². The lowest BCUT2D eigenvalue weighted by Crippen LogP contribution is -2.37. The number of aromatic nitrogens is 4. The smallest absolute Gasteiger partial charge is 0.231 e. The van der Waals surface area contributed by atoms with Crippen molar-refractivity contribution >= 4 is 23.5 Å². The standard InChI is InChI=1S/C14H16N6O/c1-8-15-7-16-13(17-8)19-10-5-4-9-6-14(2,3)12(21)20-11(9)18-10/h4-5,7H,6H2,1-3H3,(H2,15,16,17,18,19,20,21). The highest BCUT2D eigenvalue weighted by molar-refractivity contribution is 5.97. The summed E-state index contributed by atoms with van der Waals surface area (Å²) in [6, 6.07) is 3.81. The number of aryl methyl sites for hydroxylation is 1. The normalized spacial score (nSPS) is 16.0. The Labute approximate surface area is 122 Å². The van der Waals surface area contributed by atoms with Crippen LogP contribution in [-0.4, -0.2) is 25.8 Å². The number of fused-ring (bicyclic) bond motifs is 1. The van der Waals surface area contributed by atoms with Crippen LogP contribution in [0.25, 0.3) is 0 Å². The number of nitrogens with one attached hydrogen (secondary N) is 2. The minimum atomic E-state index is -0.408. The van der Waals surface area contributed by atoms with Crippen molar-refractivity contribution in [2.24, 2.45) is 5.41 Å². The third kappa shape index (κ3) is 2.67. The SMILES string of the molecule is Cc1ncnc(Nc2ccc3c(n2)NC(=O)C(C)(C)C3)n1. The van der Waals surface area contributed by atoms with Crippen LogP contribution >= 0.6 is 0 Å². The number of hydrogen-bond acceptors (Lipinski definition) is 6. The molecule has 0 spiro atoms. The van der Waals surface area contributed by atoms with Gasteiger partial charge >= 0.3 is 0 Å². The van der Waals surface area contributed by atoms with Gasteiger partial charge in [-0.05, 0) is 25.0 Å². The molecule has 2 N–H and O–H groups in total. The zero-order chi connectivity index (χ0) is 15.0. The Kier molecular flexibility index (Phi) is 3.04. The maximum absolute atomic E-state index is 12.0. The average Bonchev–Trinajstić information content (AvgIpc) is 2.40. The van der Waals surface area contributed by atoms with Gasteiger partial charge in [-0.3, -0.25) is 4.79 Å². The van der Waals surface area contributed by atoms with Gasteiger partial charge in [-0.25, -0.2) is 15.0 Å². The molecule has 2 aromatic rings. The Bertz CT molecular complexity index is 712. The highest BCUT2D eigenvalue weighted by Crippen LogP contribution is 2.32. The molecule has 2 aromatic heterocycles. The zero-order valence-corrected chi connectivity index (χ0v) is 12.1. The number of hydrogen-bond donors (Lipinski definition) is 2. The Balaban J connectivity index is 1.87. The number of rotatable bonds is 2. The second-order valence-corrected chi connectivity index (χ2v) is 5.70. The summed E-state index contributed by atoms with van der Waals surface area (Å²) in [5.74, 6) is 2.21. The van der Waals surface area contributed by atoms with Gasteiger partial charge in [0.05, 0.1) is 0 Å². The predicted molar refractivity (Wildman–Crippen MR) is 78.2 cm³/mol. The molecular weight excluding hydrogens is 268 g/mol. The van der Waals surface area contributed by atoms with Gasteiger partial charge in [0, 0.05) is 5.41 Å². The van der Waals surface area contributed by atoms with Crippen LogP contribution < -0.4 is 10.6 Å². The van der Waals surface area contributed by atoms with Gasteiger partial charge in [0.25, 0.3) is 0 Å². The molecule has 0 aromatic carbocycles. The van der Waals surface area contributed by atoms with Gasteiger partial charge in [-0.2, -0.15) is 4.98 Å². The van der Waals surface area contributed by atoms with Gasteiger partial charge in [0.1, 0.15) is 23.8 Å². The molecule has 3 heterocycles. The Morgan fingerprint density at radius 2 is 2.05 bits per heavy atom. The van der Waals surface area contributed by atoms with Crippen molar-refractivity contribution in [2.75, 3.05) is 10.6 Å². The van der Waals surface area contributed by atoms with E-state index in [9.17, 15) is 4.79 Å². The number of pyridine rings is 1. The molecule has 1 aliphatic rings. The summed E-state index contributed by atoms with van der Waals surface area (Å²) >= 11 is 0. The van der Waals surface area contributed by atoms with Crippen molar-refractivity contribution in [2.45, 2.75) is 27.2 Å². The summed E-state index contributed by atoms with van der Waals surface area (Å²) in [7, 11) is 0. The van der Waals surface area contributed by atoms with Crippen LogP contribution in [0, 0.1) is 12.3 Å². The summed E-state index contributed by atoms with van der Waals surface area (Å²) in [5.41, 5.74) is 0.617. The van der Waals surface area contributed by atoms with Gasteiger partial charge < -0.3 is 10.6 Å². The fraction of sp³-hybridized carbons (Fsp3) is 0.357. The van der Waals surface area contributed by atoms with Crippen LogP contribution in [0.15, 0.2) is 18.5 Å². The summed E-state index contributed by atoms with van der Waals surface area (Å²) in [6.07, 6.45) is 2.11. The van der Waals surface area contributed by atoms with Gasteiger partial charge in [-0.1, -0.05) is 19.9 Å². The number of anilines is 3. The first kappa shape index (κ1) is 13.4. The van der Waals surface area contributed by atoms with E-state index in [1.165, 1.54) is 6.33 Å². The molecule has 3 rings (SSSR count). The van der Waals surface area contributed by atoms with Crippen LogP contribution in [0.1, 0.15) is 25.2 Å². The predicted octanol–water partition coefficient (Wildman–Crippen LogP) is 1.84. The summed E-state index contributed by atoms with van der Waals surface area (Å²) < 4.78 is 0. The minimum absolute atomic E-state index is 0.0179. The minimum Gasteiger partial charge on any atom is -0.310 e. The van der Waals surface area contributed by atoms with E-state index in [1.54, 1.807) is 6.92 Å². The molecule has 21 heavy (non-hydrogen) atoms. The van der Waals surface area contributed by atoms with E-state index in [4.69, 9.17) is 0 Å². The van der Waals surface area contributed by atoms with E-state index in [2.05, 4.69) is 30.6 Å². The highest BCUT2D eigenvalue weighted by atomic mass is 16.2. The van der Waals surface area contributed by atoms with Crippen LogP contribution in [0.2, 0.25) is 0 Å². The summed E-state index contributed by atoms with van der Waals surface area (Å²) in [6.45, 7) is 5.63. The topological polar surface area (TPSA) is 92.7 Å². The molecule has 0 unspecified atom stereocenters. The van der Waals surface area contributed by atoms with Crippen LogP contribution in [0.3, 0.4) is 0 Å². The molecule has 7 nitrogen and oxygen atoms in total. The Morgan fingerprint density at radius 1 is 1.24 bits per heavy atom. The molecule has 0 radical (unpaired) electrons. The van der Waals surface area contributed by atoms with E-state index in [1.807, 2.05) is 26.0 Å². The first-order valence-corrected chi connectivity index (χ1v) is 6.68. The first-order valence-electron chi connectivity index (χ1n) is 6.68. The molecule has 0 aliphatic carbocycles. The molecule has 1 aliphatic heterocycles. The molecule has 0 bridgehead atoms. The van der Waals surface area contributed by atoms with Crippen LogP contribution in [0.4, 0.5) is 17.6 Å². The number of nitrogens with zero attached hydrogens (tertiary/aromatic N) is 4. The summed E-state index contributed by atoms with van der Waals surface area (Å²) in [5, 5.41) is 5.85. The Morgan fingerprint density at radius 3 is 2.81 bits per heavy atom. The Hall–Kier alpha value is -2.57. The lowest BCUT2D eigenvalue weighted by Gasteiger charge is -2.29. The van der Waals surface area contributed by atoms with Crippen molar-refractivity contribution < 1.29 is 4.79 Å². The number of carbonyl (C=O) groups is 1. The molecule has 0 saturated heterocycles. The number of amides is 1. The number of carbonyl (C=O) groups excluding carboxylic acids is 1. The highest BCUT2D eigenvalue weighted by Gasteiger charge is 2.34. The lowest BCUT2D eigenvalue weighted by atomic mass is 9.82. The molecule has 0 fully saturated rings. The third-order valence-electron chi connectivity index (χ3n) is 3.39. The molecular formula is C14H16N6O. The monoisotopic (exact) mass is 284 g/mol. The zero-order valence-electron chi connectivity index (χ0n) is 12.1. The fourth-order valence-electron chi connectivity index (χ4n) is 2.19. The molecule has 0 saturated carbocycles. The van der Waals surface area contributed by atoms with Crippen molar-refractivity contribution in [1.82, 2.24) is 19.9 Å². The molecule has 0 atom stereocenters. The average molecular weight is 284 g/mol. The van der Waals surface area contributed by atoms with E-state index < -0.39 is 5.41 Å². The second kappa shape index (κ2) is 4.76. The van der Waals surface area contributed by atoms with E-state index in [0.29, 0.717) is 29.8 Å². The van der Waals surface area contributed by atoms with Crippen LogP contribution in [0.5, 0.6) is 0 Å². The lowest BCUT2D eigenvalue weighted by molar-refractivity contribution is -0.124.